The summed E-state index contributed by atoms with van der Waals surface area (Å²) < 4.78 is 7.60. The van der Waals surface area contributed by atoms with Gasteiger partial charge in [-0.05, 0) is 31.5 Å². The number of aromatic nitrogens is 1. The molecule has 0 aliphatic heterocycles. The molecule has 0 aliphatic rings. The molecule has 2 aromatic rings. The Hall–Kier alpha value is -1.44. The summed E-state index contributed by atoms with van der Waals surface area (Å²) in [5.41, 5.74) is 2.59. The Morgan fingerprint density at radius 3 is 2.73 bits per heavy atom. The minimum atomic E-state index is 0.929. The Morgan fingerprint density at radius 1 is 1.27 bits per heavy atom. The minimum absolute atomic E-state index is 0.929. The smallest absolute Gasteiger partial charge is 0.120 e. The third kappa shape index (κ3) is 1.72. The van der Waals surface area contributed by atoms with E-state index in [4.69, 9.17) is 4.74 Å². The van der Waals surface area contributed by atoms with E-state index in [1.54, 1.807) is 7.11 Å². The average molecular weight is 203 g/mol. The molecule has 0 unspecified atom stereocenters. The highest BCUT2D eigenvalue weighted by molar-refractivity contribution is 5.82. The third-order valence-electron chi connectivity index (χ3n) is 2.77. The van der Waals surface area contributed by atoms with E-state index in [1.807, 2.05) is 6.07 Å². The highest BCUT2D eigenvalue weighted by Gasteiger charge is 2.05. The number of benzene rings is 1. The lowest BCUT2D eigenvalue weighted by Crippen LogP contribution is -1.98. The number of nitrogens with zero attached hydrogens (tertiary/aromatic N) is 1. The second kappa shape index (κ2) is 3.97. The number of hydrogen-bond acceptors (Lipinski definition) is 1. The lowest BCUT2D eigenvalue weighted by atomic mass is 10.2. The quantitative estimate of drug-likeness (QED) is 0.746. The summed E-state index contributed by atoms with van der Waals surface area (Å²) in [6, 6.07) is 8.47. The van der Waals surface area contributed by atoms with E-state index in [0.29, 0.717) is 0 Å². The molecule has 0 amide bonds. The fourth-order valence-electron chi connectivity index (χ4n) is 2.02. The first kappa shape index (κ1) is 10.1. The zero-order valence-electron chi connectivity index (χ0n) is 9.58. The van der Waals surface area contributed by atoms with Crippen molar-refractivity contribution in [3.8, 4) is 5.75 Å². The summed E-state index contributed by atoms with van der Waals surface area (Å²) in [6.07, 6.45) is 1.15. The van der Waals surface area contributed by atoms with E-state index >= 15 is 0 Å². The van der Waals surface area contributed by atoms with Crippen molar-refractivity contribution < 1.29 is 4.74 Å². The number of aryl methyl sites for hydroxylation is 2. The maximum atomic E-state index is 5.25. The van der Waals surface area contributed by atoms with E-state index in [9.17, 15) is 0 Å². The van der Waals surface area contributed by atoms with Crippen molar-refractivity contribution in [2.24, 2.45) is 0 Å². The van der Waals surface area contributed by atoms with Gasteiger partial charge in [0.2, 0.25) is 0 Å². The Labute approximate surface area is 90.5 Å². The number of fused-ring (bicyclic) bond motifs is 1. The SMILES string of the molecule is CCCn1c(C)cc2ccc(OC)cc21. The molecular weight excluding hydrogens is 186 g/mol. The van der Waals surface area contributed by atoms with Crippen molar-refractivity contribution in [1.29, 1.82) is 0 Å². The van der Waals surface area contributed by atoms with Crippen LogP contribution in [0.1, 0.15) is 19.0 Å². The molecule has 0 saturated carbocycles. The van der Waals surface area contributed by atoms with Crippen LogP contribution < -0.4 is 4.74 Å². The van der Waals surface area contributed by atoms with Gasteiger partial charge in [-0.1, -0.05) is 6.92 Å². The maximum Gasteiger partial charge on any atom is 0.120 e. The van der Waals surface area contributed by atoms with E-state index in [0.717, 1.165) is 18.7 Å². The molecule has 0 bridgehead atoms. The summed E-state index contributed by atoms with van der Waals surface area (Å²) in [5, 5.41) is 1.29. The molecule has 0 aliphatic carbocycles. The van der Waals surface area contributed by atoms with Crippen molar-refractivity contribution >= 4 is 10.9 Å². The molecule has 80 valence electrons. The highest BCUT2D eigenvalue weighted by Crippen LogP contribution is 2.24. The summed E-state index contributed by atoms with van der Waals surface area (Å²) >= 11 is 0. The fourth-order valence-corrected chi connectivity index (χ4v) is 2.02. The largest absolute Gasteiger partial charge is 0.497 e. The van der Waals surface area contributed by atoms with Crippen molar-refractivity contribution in [2.45, 2.75) is 26.8 Å². The molecule has 0 saturated heterocycles. The van der Waals surface area contributed by atoms with Gasteiger partial charge in [-0.3, -0.25) is 0 Å². The molecule has 0 radical (unpaired) electrons. The molecule has 0 N–H and O–H groups in total. The number of hydrogen-bond donors (Lipinski definition) is 0. The molecule has 0 atom stereocenters. The van der Waals surface area contributed by atoms with Gasteiger partial charge in [-0.25, -0.2) is 0 Å². The Kier molecular flexibility index (Phi) is 2.67. The zero-order valence-corrected chi connectivity index (χ0v) is 9.58. The summed E-state index contributed by atoms with van der Waals surface area (Å²) in [5.74, 6) is 0.929. The van der Waals surface area contributed by atoms with Gasteiger partial charge in [0.15, 0.2) is 0 Å². The van der Waals surface area contributed by atoms with Gasteiger partial charge in [0.25, 0.3) is 0 Å². The summed E-state index contributed by atoms with van der Waals surface area (Å²) in [4.78, 5) is 0. The Balaban J connectivity index is 2.61. The van der Waals surface area contributed by atoms with E-state index in [-0.39, 0.29) is 0 Å². The van der Waals surface area contributed by atoms with Gasteiger partial charge >= 0.3 is 0 Å². The molecule has 2 nitrogen and oxygen atoms in total. The number of rotatable bonds is 3. The fraction of sp³-hybridized carbons (Fsp3) is 0.385. The monoisotopic (exact) mass is 203 g/mol. The van der Waals surface area contributed by atoms with Crippen LogP contribution in [-0.2, 0) is 6.54 Å². The zero-order chi connectivity index (χ0) is 10.8. The molecule has 1 aromatic heterocycles. The molecule has 0 fully saturated rings. The van der Waals surface area contributed by atoms with Crippen LogP contribution in [0.15, 0.2) is 24.3 Å². The second-order valence-electron chi connectivity index (χ2n) is 3.86. The van der Waals surface area contributed by atoms with Crippen LogP contribution in [0.25, 0.3) is 10.9 Å². The third-order valence-corrected chi connectivity index (χ3v) is 2.77. The van der Waals surface area contributed by atoms with Crippen molar-refractivity contribution in [1.82, 2.24) is 4.57 Å². The topological polar surface area (TPSA) is 14.2 Å². The van der Waals surface area contributed by atoms with Crippen molar-refractivity contribution in [3.05, 3.63) is 30.0 Å². The molecule has 2 rings (SSSR count). The van der Waals surface area contributed by atoms with Gasteiger partial charge in [0.05, 0.1) is 12.6 Å². The first-order valence-corrected chi connectivity index (χ1v) is 5.40. The van der Waals surface area contributed by atoms with Crippen LogP contribution in [-0.4, -0.2) is 11.7 Å². The molecule has 0 spiro atoms. The summed E-state index contributed by atoms with van der Waals surface area (Å²) in [7, 11) is 1.71. The van der Waals surface area contributed by atoms with Crippen molar-refractivity contribution in [3.63, 3.8) is 0 Å². The predicted octanol–water partition coefficient (Wildman–Crippen LogP) is 3.37. The molecular formula is C13H17NO. The summed E-state index contributed by atoms with van der Waals surface area (Å²) in [6.45, 7) is 5.43. The van der Waals surface area contributed by atoms with Crippen LogP contribution in [0.4, 0.5) is 0 Å². The Morgan fingerprint density at radius 2 is 2.07 bits per heavy atom. The molecule has 2 heteroatoms. The maximum absolute atomic E-state index is 5.25. The van der Waals surface area contributed by atoms with Gasteiger partial charge in [-0.15, -0.1) is 0 Å². The van der Waals surface area contributed by atoms with Gasteiger partial charge in [0.1, 0.15) is 5.75 Å². The van der Waals surface area contributed by atoms with E-state index in [1.165, 1.54) is 16.6 Å². The van der Waals surface area contributed by atoms with Crippen LogP contribution in [0.2, 0.25) is 0 Å². The standard InChI is InChI=1S/C13H17NO/c1-4-7-14-10(2)8-11-5-6-12(15-3)9-13(11)14/h5-6,8-9H,4,7H2,1-3H3. The van der Waals surface area contributed by atoms with Crippen LogP contribution in [0.5, 0.6) is 5.75 Å². The van der Waals surface area contributed by atoms with Gasteiger partial charge < -0.3 is 9.30 Å². The lowest BCUT2D eigenvalue weighted by Gasteiger charge is -2.07. The molecule has 1 aromatic carbocycles. The van der Waals surface area contributed by atoms with Crippen LogP contribution in [0, 0.1) is 6.92 Å². The first-order valence-electron chi connectivity index (χ1n) is 5.40. The van der Waals surface area contributed by atoms with E-state index in [2.05, 4.69) is 36.6 Å². The van der Waals surface area contributed by atoms with Gasteiger partial charge in [0, 0.05) is 23.7 Å². The van der Waals surface area contributed by atoms with Crippen LogP contribution >= 0.6 is 0 Å². The molecule has 15 heavy (non-hydrogen) atoms. The van der Waals surface area contributed by atoms with Gasteiger partial charge in [-0.2, -0.15) is 0 Å². The first-order chi connectivity index (χ1) is 7.26. The lowest BCUT2D eigenvalue weighted by molar-refractivity contribution is 0.415. The van der Waals surface area contributed by atoms with E-state index < -0.39 is 0 Å². The highest BCUT2D eigenvalue weighted by atomic mass is 16.5. The normalized spacial score (nSPS) is 10.9. The second-order valence-corrected chi connectivity index (χ2v) is 3.86. The number of methoxy groups -OCH3 is 1. The van der Waals surface area contributed by atoms with Crippen LogP contribution in [0.3, 0.4) is 0 Å². The van der Waals surface area contributed by atoms with Crippen molar-refractivity contribution in [2.75, 3.05) is 7.11 Å². The minimum Gasteiger partial charge on any atom is -0.497 e. The average Bonchev–Trinajstić information content (AvgIpc) is 2.55. The Bertz CT molecular complexity index is 471. The number of ether oxygens (including phenoxy) is 1. The predicted molar refractivity (Wildman–Crippen MR) is 63.5 cm³/mol. The molecule has 1 heterocycles.